The maximum atomic E-state index is 12.2. The van der Waals surface area contributed by atoms with Gasteiger partial charge in [0.1, 0.15) is 0 Å². The van der Waals surface area contributed by atoms with Gasteiger partial charge in [0.25, 0.3) is 0 Å². The normalized spacial score (nSPS) is 15.7. The van der Waals surface area contributed by atoms with Gasteiger partial charge in [-0.15, -0.1) is 0 Å². The number of benzene rings is 2. The second-order valence-corrected chi connectivity index (χ2v) is 9.54. The van der Waals surface area contributed by atoms with E-state index in [1.54, 1.807) is 0 Å². The Labute approximate surface area is 173 Å². The van der Waals surface area contributed by atoms with E-state index in [1.165, 1.54) is 5.69 Å². The molecule has 152 valence electrons. The zero-order valence-electron chi connectivity index (χ0n) is 16.3. The van der Waals surface area contributed by atoms with E-state index >= 15 is 0 Å². The Morgan fingerprint density at radius 2 is 1.75 bits per heavy atom. The molecule has 1 N–H and O–H groups in total. The Morgan fingerprint density at radius 1 is 1.04 bits per heavy atom. The number of nitrogens with zero attached hydrogens (tertiary/aromatic N) is 2. The van der Waals surface area contributed by atoms with Crippen molar-refractivity contribution < 1.29 is 8.42 Å². The third-order valence-corrected chi connectivity index (χ3v) is 6.59. The lowest BCUT2D eigenvalue weighted by atomic mass is 10.2. The highest BCUT2D eigenvalue weighted by molar-refractivity contribution is 7.88. The van der Waals surface area contributed by atoms with Crippen LogP contribution in [0.1, 0.15) is 17.5 Å². The molecule has 2 aromatic carbocycles. The smallest absolute Gasteiger partial charge is 0.215 e. The van der Waals surface area contributed by atoms with E-state index in [1.807, 2.05) is 43.3 Å². The molecule has 0 aromatic heterocycles. The Kier molecular flexibility index (Phi) is 7.35. The van der Waals surface area contributed by atoms with Crippen molar-refractivity contribution in [3.63, 3.8) is 0 Å². The Balaban J connectivity index is 1.36. The van der Waals surface area contributed by atoms with Crippen molar-refractivity contribution in [2.24, 2.45) is 0 Å². The first-order valence-corrected chi connectivity index (χ1v) is 11.7. The van der Waals surface area contributed by atoms with Crippen molar-refractivity contribution in [1.29, 1.82) is 0 Å². The van der Waals surface area contributed by atoms with Crippen molar-refractivity contribution in [2.75, 3.05) is 44.2 Å². The van der Waals surface area contributed by atoms with E-state index in [2.05, 4.69) is 26.7 Å². The van der Waals surface area contributed by atoms with Crippen molar-refractivity contribution in [1.82, 2.24) is 9.62 Å². The number of piperazine rings is 1. The van der Waals surface area contributed by atoms with Crippen LogP contribution >= 0.6 is 11.6 Å². The number of aryl methyl sites for hydroxylation is 1. The van der Waals surface area contributed by atoms with Crippen LogP contribution in [-0.4, -0.2) is 52.6 Å². The SMILES string of the molecule is Cc1cccc(CS(=O)(=O)NCCCN2CCN(c3ccc(Cl)cc3)CC2)c1. The minimum Gasteiger partial charge on any atom is -0.369 e. The summed E-state index contributed by atoms with van der Waals surface area (Å²) in [6, 6.07) is 15.6. The van der Waals surface area contributed by atoms with Gasteiger partial charge in [0, 0.05) is 43.4 Å². The van der Waals surface area contributed by atoms with Crippen LogP contribution in [0.3, 0.4) is 0 Å². The molecule has 0 saturated carbocycles. The van der Waals surface area contributed by atoms with Gasteiger partial charge < -0.3 is 4.90 Å². The van der Waals surface area contributed by atoms with E-state index in [4.69, 9.17) is 11.6 Å². The molecule has 3 rings (SSSR count). The van der Waals surface area contributed by atoms with Crippen molar-refractivity contribution in [2.45, 2.75) is 19.1 Å². The highest BCUT2D eigenvalue weighted by atomic mass is 35.5. The summed E-state index contributed by atoms with van der Waals surface area (Å²) < 4.78 is 27.2. The molecule has 0 radical (unpaired) electrons. The fraction of sp³-hybridized carbons (Fsp3) is 0.429. The standard InChI is InChI=1S/C21H28ClN3O2S/c1-18-4-2-5-19(16-18)17-28(26,27)23-10-3-11-24-12-14-25(15-13-24)21-8-6-20(22)7-9-21/h2,4-9,16,23H,3,10-15,17H2,1H3. The molecule has 0 atom stereocenters. The largest absolute Gasteiger partial charge is 0.369 e. The number of hydrogen-bond donors (Lipinski definition) is 1. The average Bonchev–Trinajstić information content (AvgIpc) is 2.66. The van der Waals surface area contributed by atoms with Crippen LogP contribution < -0.4 is 9.62 Å². The molecule has 0 aliphatic carbocycles. The summed E-state index contributed by atoms with van der Waals surface area (Å²) in [5.41, 5.74) is 3.10. The van der Waals surface area contributed by atoms with Gasteiger partial charge >= 0.3 is 0 Å². The van der Waals surface area contributed by atoms with Gasteiger partial charge in [-0.2, -0.15) is 0 Å². The Bertz CT molecular complexity index is 863. The van der Waals surface area contributed by atoms with Gasteiger partial charge in [-0.1, -0.05) is 41.4 Å². The average molecular weight is 422 g/mol. The first-order chi connectivity index (χ1) is 13.4. The van der Waals surface area contributed by atoms with E-state index in [9.17, 15) is 8.42 Å². The second-order valence-electron chi connectivity index (χ2n) is 7.30. The first-order valence-electron chi connectivity index (χ1n) is 9.67. The van der Waals surface area contributed by atoms with E-state index in [-0.39, 0.29) is 5.75 Å². The zero-order chi connectivity index (χ0) is 20.0. The number of nitrogens with one attached hydrogen (secondary N) is 1. The summed E-state index contributed by atoms with van der Waals surface area (Å²) in [6.07, 6.45) is 0.813. The molecule has 0 spiro atoms. The lowest BCUT2D eigenvalue weighted by Gasteiger charge is -2.36. The van der Waals surface area contributed by atoms with Gasteiger partial charge in [-0.05, 0) is 49.7 Å². The number of anilines is 1. The summed E-state index contributed by atoms with van der Waals surface area (Å²) >= 11 is 5.95. The molecule has 28 heavy (non-hydrogen) atoms. The molecule has 1 aliphatic heterocycles. The highest BCUT2D eigenvalue weighted by Gasteiger charge is 2.17. The molecule has 1 saturated heterocycles. The number of sulfonamides is 1. The Morgan fingerprint density at radius 3 is 2.43 bits per heavy atom. The lowest BCUT2D eigenvalue weighted by Crippen LogP contribution is -2.47. The molecular weight excluding hydrogens is 394 g/mol. The molecule has 5 nitrogen and oxygen atoms in total. The van der Waals surface area contributed by atoms with Crippen LogP contribution in [0.2, 0.25) is 5.02 Å². The van der Waals surface area contributed by atoms with Gasteiger partial charge in [-0.25, -0.2) is 13.1 Å². The predicted octanol–water partition coefficient (Wildman–Crippen LogP) is 3.28. The van der Waals surface area contributed by atoms with E-state index < -0.39 is 10.0 Å². The van der Waals surface area contributed by atoms with Crippen LogP contribution in [0, 0.1) is 6.92 Å². The molecule has 1 fully saturated rings. The minimum absolute atomic E-state index is 0.0362. The van der Waals surface area contributed by atoms with Crippen molar-refractivity contribution in [3.8, 4) is 0 Å². The molecule has 0 amide bonds. The molecule has 1 aliphatic rings. The predicted molar refractivity (Wildman–Crippen MR) is 117 cm³/mol. The quantitative estimate of drug-likeness (QED) is 0.664. The summed E-state index contributed by atoms with van der Waals surface area (Å²) in [4.78, 5) is 4.75. The topological polar surface area (TPSA) is 52.7 Å². The second kappa shape index (κ2) is 9.74. The zero-order valence-corrected chi connectivity index (χ0v) is 17.8. The van der Waals surface area contributed by atoms with Crippen LogP contribution in [0.5, 0.6) is 0 Å². The molecule has 7 heteroatoms. The summed E-state index contributed by atoms with van der Waals surface area (Å²) in [7, 11) is -3.29. The lowest BCUT2D eigenvalue weighted by molar-refractivity contribution is 0.255. The monoisotopic (exact) mass is 421 g/mol. The maximum absolute atomic E-state index is 12.2. The van der Waals surface area contributed by atoms with E-state index in [0.717, 1.165) is 55.3 Å². The molecule has 2 aromatic rings. The number of hydrogen-bond acceptors (Lipinski definition) is 4. The first kappa shape index (κ1) is 21.1. The van der Waals surface area contributed by atoms with Gasteiger partial charge in [0.05, 0.1) is 5.75 Å². The fourth-order valence-corrected chi connectivity index (χ4v) is 4.79. The molecule has 1 heterocycles. The van der Waals surface area contributed by atoms with Crippen LogP contribution in [0.4, 0.5) is 5.69 Å². The van der Waals surface area contributed by atoms with Gasteiger partial charge in [-0.3, -0.25) is 4.90 Å². The van der Waals surface area contributed by atoms with Crippen LogP contribution in [0.25, 0.3) is 0 Å². The molecule has 0 unspecified atom stereocenters. The third kappa shape index (κ3) is 6.48. The third-order valence-electron chi connectivity index (χ3n) is 4.98. The summed E-state index contributed by atoms with van der Waals surface area (Å²) in [6.45, 7) is 7.27. The summed E-state index contributed by atoms with van der Waals surface area (Å²) in [5, 5.41) is 0.757. The van der Waals surface area contributed by atoms with Crippen molar-refractivity contribution >= 4 is 27.3 Å². The minimum atomic E-state index is -3.29. The highest BCUT2D eigenvalue weighted by Crippen LogP contribution is 2.19. The van der Waals surface area contributed by atoms with Crippen molar-refractivity contribution in [3.05, 3.63) is 64.7 Å². The maximum Gasteiger partial charge on any atom is 0.215 e. The van der Waals surface area contributed by atoms with Gasteiger partial charge in [0.15, 0.2) is 0 Å². The van der Waals surface area contributed by atoms with E-state index in [0.29, 0.717) is 6.54 Å². The van der Waals surface area contributed by atoms with Crippen LogP contribution in [-0.2, 0) is 15.8 Å². The van der Waals surface area contributed by atoms with Gasteiger partial charge in [0.2, 0.25) is 10.0 Å². The molecule has 0 bridgehead atoms. The number of rotatable bonds is 8. The molecular formula is C21H28ClN3O2S. The fourth-order valence-electron chi connectivity index (χ4n) is 3.48. The Hall–Kier alpha value is -1.60. The van der Waals surface area contributed by atoms with Crippen LogP contribution in [0.15, 0.2) is 48.5 Å². The number of halogens is 1. The summed E-state index contributed by atoms with van der Waals surface area (Å²) in [5.74, 6) is 0.0362.